The molecule has 12 heteroatoms. The lowest BCUT2D eigenvalue weighted by molar-refractivity contribution is -0.125. The Balaban J connectivity index is 1.05. The summed E-state index contributed by atoms with van der Waals surface area (Å²) in [4.78, 5) is 62.9. The molecule has 0 fully saturated rings. The minimum Gasteiger partial charge on any atom is -0.345 e. The van der Waals surface area contributed by atoms with E-state index in [9.17, 15) is 19.2 Å². The summed E-state index contributed by atoms with van der Waals surface area (Å²) < 4.78 is 6.25. The molecule has 0 unspecified atom stereocenters. The van der Waals surface area contributed by atoms with E-state index in [0.29, 0.717) is 34.2 Å². The van der Waals surface area contributed by atoms with Gasteiger partial charge in [0, 0.05) is 48.3 Å². The number of hydrogen-bond acceptors (Lipinski definition) is 6. The quantitative estimate of drug-likeness (QED) is 0.193. The largest absolute Gasteiger partial charge is 0.345 e. The van der Waals surface area contributed by atoms with Gasteiger partial charge in [-0.05, 0) is 11.1 Å². The van der Waals surface area contributed by atoms with Crippen LogP contribution >= 0.6 is 0 Å². The topological polar surface area (TPSA) is 138 Å². The number of aromatic nitrogens is 6. The highest BCUT2D eigenvalue weighted by Gasteiger charge is 2.29. The Kier molecular flexibility index (Phi) is 9.21. The maximum Gasteiger partial charge on any atom is 0.282 e. The maximum atomic E-state index is 13.8. The van der Waals surface area contributed by atoms with Gasteiger partial charge >= 0.3 is 0 Å². The van der Waals surface area contributed by atoms with Gasteiger partial charge < -0.3 is 19.8 Å². The smallest absolute Gasteiger partial charge is 0.282 e. The van der Waals surface area contributed by atoms with Gasteiger partial charge in [0.1, 0.15) is 24.5 Å². The molecule has 4 aromatic rings. The van der Waals surface area contributed by atoms with Crippen molar-refractivity contribution in [3.05, 3.63) is 190 Å². The number of carbonyl (C=O) groups is 2. The predicted molar refractivity (Wildman–Crippen MR) is 204 cm³/mol. The molecule has 0 aromatic heterocycles. The van der Waals surface area contributed by atoms with Crippen LogP contribution in [-0.2, 0) is 22.7 Å². The van der Waals surface area contributed by atoms with Crippen molar-refractivity contribution in [3.8, 4) is 34.2 Å². The Morgan fingerprint density at radius 1 is 0.500 bits per heavy atom. The Hall–Kier alpha value is -7.34. The third-order valence-corrected chi connectivity index (χ3v) is 9.20. The highest BCUT2D eigenvalue weighted by Crippen LogP contribution is 2.29. The van der Waals surface area contributed by atoms with Gasteiger partial charge in [0.15, 0.2) is 11.6 Å². The number of rotatable bonds is 11. The van der Waals surface area contributed by atoms with Gasteiger partial charge in [0.25, 0.3) is 11.1 Å². The van der Waals surface area contributed by atoms with Crippen LogP contribution in [0.1, 0.15) is 23.2 Å². The van der Waals surface area contributed by atoms with Gasteiger partial charge in [-0.25, -0.2) is 9.97 Å². The molecule has 4 aliphatic heterocycles. The third kappa shape index (κ3) is 6.95. The maximum absolute atomic E-state index is 13.8. The molecule has 0 saturated carbocycles. The SMILES string of the molecule is O=C(Cn1ccn2c(=O)c(-c3ccccc3)nc-2c1)N[C@@H](c1ccccc1)[C@@H](NC(=O)Cn1ccn2c(=O)c(-c3ccccc3)nc-2c1)c1ccccc1. The van der Waals surface area contributed by atoms with Crippen molar-refractivity contribution >= 4 is 11.8 Å². The summed E-state index contributed by atoms with van der Waals surface area (Å²) in [6, 6.07) is 36.1. The number of hydrogen-bond donors (Lipinski definition) is 2. The number of imidazole rings is 2. The van der Waals surface area contributed by atoms with E-state index < -0.39 is 12.1 Å². The van der Waals surface area contributed by atoms with Crippen LogP contribution in [-0.4, -0.2) is 40.1 Å². The lowest BCUT2D eigenvalue weighted by Crippen LogP contribution is -2.42. The zero-order valence-electron chi connectivity index (χ0n) is 28.9. The Labute approximate surface area is 309 Å². The Bertz CT molecular complexity index is 2410. The fraction of sp³-hybridized carbons (Fsp3) is 0.0952. The molecule has 0 saturated heterocycles. The van der Waals surface area contributed by atoms with Crippen LogP contribution in [0.5, 0.6) is 0 Å². The highest BCUT2D eigenvalue weighted by atomic mass is 16.2. The molecule has 0 bridgehead atoms. The van der Waals surface area contributed by atoms with E-state index in [0.717, 1.165) is 11.1 Å². The normalized spacial score (nSPS) is 12.4. The summed E-state index contributed by atoms with van der Waals surface area (Å²) in [6.07, 6.45) is 9.84. The lowest BCUT2D eigenvalue weighted by atomic mass is 9.93. The minimum absolute atomic E-state index is 0.0656. The van der Waals surface area contributed by atoms with Crippen molar-refractivity contribution in [1.29, 1.82) is 0 Å². The molecule has 2 amide bonds. The van der Waals surface area contributed by atoms with E-state index in [1.165, 1.54) is 9.13 Å². The zero-order chi connectivity index (χ0) is 37.0. The second-order valence-electron chi connectivity index (χ2n) is 12.8. The number of carbonyl (C=O) groups excluding carboxylic acids is 2. The highest BCUT2D eigenvalue weighted by molar-refractivity contribution is 5.78. The third-order valence-electron chi connectivity index (χ3n) is 9.20. The average Bonchev–Trinajstić information content (AvgIpc) is 3.72. The Morgan fingerprint density at radius 3 is 1.22 bits per heavy atom. The van der Waals surface area contributed by atoms with Gasteiger partial charge in [-0.2, -0.15) is 0 Å². The second kappa shape index (κ2) is 14.7. The van der Waals surface area contributed by atoms with Gasteiger partial charge in [0.2, 0.25) is 11.8 Å². The molecule has 4 heterocycles. The molecular weight excluding hydrogens is 681 g/mol. The van der Waals surface area contributed by atoms with Gasteiger partial charge in [-0.15, -0.1) is 0 Å². The standard InChI is InChI=1S/C42H34N8O4/c51-35(27-47-21-23-49-33(25-47)43-39(41(49)53)31-17-9-3-10-18-31)45-37(29-13-5-1-6-14-29)38(30-15-7-2-8-16-30)46-36(52)28-48-22-24-50-34(26-48)44-40(42(50)54)32-19-11-4-12-20-32/h1-26,37-38H,27-28H2,(H,45,51)(H,46,52)/t37-,38-/m0/s1. The number of fused-ring (bicyclic) bond motifs is 2. The molecule has 0 aliphatic carbocycles. The van der Waals surface area contributed by atoms with Crippen LogP contribution in [0.15, 0.2) is 168 Å². The van der Waals surface area contributed by atoms with Crippen LogP contribution in [0, 0.1) is 0 Å². The molecule has 2 atom stereocenters. The van der Waals surface area contributed by atoms with Crippen molar-refractivity contribution < 1.29 is 9.59 Å². The first-order chi connectivity index (χ1) is 26.4. The van der Waals surface area contributed by atoms with E-state index in [-0.39, 0.29) is 36.0 Å². The Morgan fingerprint density at radius 2 is 0.852 bits per heavy atom. The van der Waals surface area contributed by atoms with E-state index >= 15 is 0 Å². The summed E-state index contributed by atoms with van der Waals surface area (Å²) in [5.41, 5.74) is 3.19. The van der Waals surface area contributed by atoms with Crippen LogP contribution < -0.4 is 21.8 Å². The lowest BCUT2D eigenvalue weighted by Gasteiger charge is -2.30. The van der Waals surface area contributed by atoms with E-state index in [1.807, 2.05) is 121 Å². The second-order valence-corrected chi connectivity index (χ2v) is 12.8. The minimum atomic E-state index is -0.657. The van der Waals surface area contributed by atoms with Crippen LogP contribution in [0.3, 0.4) is 0 Å². The van der Waals surface area contributed by atoms with Crippen LogP contribution in [0.4, 0.5) is 0 Å². The summed E-state index contributed by atoms with van der Waals surface area (Å²) >= 11 is 0. The molecule has 4 aliphatic rings. The first-order valence-corrected chi connectivity index (χ1v) is 17.4. The van der Waals surface area contributed by atoms with Crippen molar-refractivity contribution in [3.63, 3.8) is 0 Å². The molecule has 12 nitrogen and oxygen atoms in total. The monoisotopic (exact) mass is 714 g/mol. The van der Waals surface area contributed by atoms with Crippen LogP contribution in [0.25, 0.3) is 34.2 Å². The summed E-state index contributed by atoms with van der Waals surface area (Å²) in [6.45, 7) is -0.131. The van der Waals surface area contributed by atoms with Crippen molar-refractivity contribution in [2.45, 2.75) is 25.2 Å². The van der Waals surface area contributed by atoms with Crippen molar-refractivity contribution in [1.82, 2.24) is 38.9 Å². The predicted octanol–water partition coefficient (Wildman–Crippen LogP) is 5.01. The van der Waals surface area contributed by atoms with E-state index in [2.05, 4.69) is 20.6 Å². The van der Waals surface area contributed by atoms with Gasteiger partial charge in [0.05, 0.1) is 12.1 Å². The number of nitrogens with zero attached hydrogens (tertiary/aromatic N) is 6. The summed E-state index contributed by atoms with van der Waals surface area (Å²) in [5.74, 6) is 0.202. The van der Waals surface area contributed by atoms with Crippen LogP contribution in [0.2, 0.25) is 0 Å². The molecule has 0 radical (unpaired) electrons. The first-order valence-electron chi connectivity index (χ1n) is 17.4. The molecule has 54 heavy (non-hydrogen) atoms. The number of nitrogens with one attached hydrogen (secondary N) is 2. The number of amides is 2. The van der Waals surface area contributed by atoms with Crippen molar-refractivity contribution in [2.75, 3.05) is 0 Å². The van der Waals surface area contributed by atoms with E-state index in [4.69, 9.17) is 0 Å². The molecule has 4 aromatic carbocycles. The summed E-state index contributed by atoms with van der Waals surface area (Å²) in [5, 5.41) is 6.34. The average molecular weight is 715 g/mol. The zero-order valence-corrected chi connectivity index (χ0v) is 28.9. The molecule has 0 spiro atoms. The molecular formula is C42H34N8O4. The summed E-state index contributed by atoms with van der Waals surface area (Å²) in [7, 11) is 0. The van der Waals surface area contributed by atoms with Gasteiger partial charge in [-0.1, -0.05) is 121 Å². The van der Waals surface area contributed by atoms with E-state index in [1.54, 1.807) is 46.3 Å². The van der Waals surface area contributed by atoms with Gasteiger partial charge in [-0.3, -0.25) is 28.3 Å². The number of benzene rings is 4. The fourth-order valence-corrected chi connectivity index (χ4v) is 6.60. The van der Waals surface area contributed by atoms with Crippen molar-refractivity contribution in [2.24, 2.45) is 0 Å². The molecule has 266 valence electrons. The molecule has 8 rings (SSSR count). The molecule has 2 N–H and O–H groups in total. The first kappa shape index (κ1) is 33.8. The fourth-order valence-electron chi connectivity index (χ4n) is 6.60.